The van der Waals surface area contributed by atoms with Crippen LogP contribution in [0.4, 0.5) is 5.13 Å². The lowest BCUT2D eigenvalue weighted by Gasteiger charge is -2.22. The summed E-state index contributed by atoms with van der Waals surface area (Å²) in [6.07, 6.45) is 1.10. The first-order valence-electron chi connectivity index (χ1n) is 5.99. The molecule has 0 saturated carbocycles. The van der Waals surface area contributed by atoms with E-state index >= 15 is 0 Å². The van der Waals surface area contributed by atoms with Crippen LogP contribution in [0.15, 0.2) is 0 Å². The highest BCUT2D eigenvalue weighted by atomic mass is 32.2. The van der Waals surface area contributed by atoms with Crippen LogP contribution in [0, 0.1) is 6.92 Å². The maximum atomic E-state index is 11.0. The van der Waals surface area contributed by atoms with Gasteiger partial charge in [-0.1, -0.05) is 25.2 Å². The molecule has 0 radical (unpaired) electrons. The highest BCUT2D eigenvalue weighted by Crippen LogP contribution is 2.34. The van der Waals surface area contributed by atoms with E-state index in [-0.39, 0.29) is 0 Å². The van der Waals surface area contributed by atoms with E-state index in [4.69, 9.17) is 5.11 Å². The minimum Gasteiger partial charge on any atom is -0.477 e. The molecule has 4 nitrogen and oxygen atoms in total. The minimum absolute atomic E-state index is 0.302. The molecule has 0 unspecified atom stereocenters. The zero-order valence-electron chi connectivity index (χ0n) is 10.9. The molecule has 1 aromatic rings. The SMILES string of the molecule is Cc1nc(N2CCSC(C)(C)CC2)sc1C(=O)O. The fraction of sp³-hybridized carbons (Fsp3) is 0.667. The topological polar surface area (TPSA) is 53.4 Å². The van der Waals surface area contributed by atoms with Crippen LogP contribution >= 0.6 is 23.1 Å². The monoisotopic (exact) mass is 286 g/mol. The molecule has 0 bridgehead atoms. The highest BCUT2D eigenvalue weighted by molar-refractivity contribution is 8.00. The third-order valence-electron chi connectivity index (χ3n) is 3.09. The van der Waals surface area contributed by atoms with Crippen LogP contribution in [-0.4, -0.2) is 39.6 Å². The Morgan fingerprint density at radius 3 is 2.78 bits per heavy atom. The maximum Gasteiger partial charge on any atom is 0.347 e. The number of thiazole rings is 1. The van der Waals surface area contributed by atoms with Crippen molar-refractivity contribution in [2.24, 2.45) is 0 Å². The van der Waals surface area contributed by atoms with Crippen LogP contribution in [0.2, 0.25) is 0 Å². The summed E-state index contributed by atoms with van der Waals surface area (Å²) in [5.41, 5.74) is 0.624. The molecule has 6 heteroatoms. The van der Waals surface area contributed by atoms with Gasteiger partial charge in [-0.3, -0.25) is 0 Å². The molecule has 0 aromatic carbocycles. The summed E-state index contributed by atoms with van der Waals surface area (Å²) in [7, 11) is 0. The van der Waals surface area contributed by atoms with Crippen molar-refractivity contribution >= 4 is 34.2 Å². The van der Waals surface area contributed by atoms with Crippen LogP contribution in [0.3, 0.4) is 0 Å². The number of aryl methyl sites for hydroxylation is 1. The van der Waals surface area contributed by atoms with Crippen molar-refractivity contribution in [3.8, 4) is 0 Å². The summed E-state index contributed by atoms with van der Waals surface area (Å²) in [5.74, 6) is 0.189. The Bertz CT molecular complexity index is 457. The molecule has 0 atom stereocenters. The molecule has 2 heterocycles. The van der Waals surface area contributed by atoms with Gasteiger partial charge in [-0.25, -0.2) is 9.78 Å². The Hall–Kier alpha value is -0.750. The van der Waals surface area contributed by atoms with Crippen molar-refractivity contribution in [3.05, 3.63) is 10.6 Å². The van der Waals surface area contributed by atoms with Crippen molar-refractivity contribution in [3.63, 3.8) is 0 Å². The Labute approximate surface area is 115 Å². The lowest BCUT2D eigenvalue weighted by molar-refractivity contribution is 0.0701. The van der Waals surface area contributed by atoms with Gasteiger partial charge in [-0.15, -0.1) is 0 Å². The number of carbonyl (C=O) groups is 1. The van der Waals surface area contributed by atoms with E-state index in [9.17, 15) is 4.79 Å². The van der Waals surface area contributed by atoms with Crippen molar-refractivity contribution in [1.29, 1.82) is 0 Å². The number of hydrogen-bond donors (Lipinski definition) is 1. The smallest absolute Gasteiger partial charge is 0.347 e. The largest absolute Gasteiger partial charge is 0.477 e. The van der Waals surface area contributed by atoms with Gasteiger partial charge in [0.2, 0.25) is 0 Å². The second-order valence-corrected chi connectivity index (χ2v) is 7.84. The van der Waals surface area contributed by atoms with Crippen LogP contribution in [0.5, 0.6) is 0 Å². The van der Waals surface area contributed by atoms with Crippen LogP contribution in [0.1, 0.15) is 35.6 Å². The first-order valence-corrected chi connectivity index (χ1v) is 7.79. The average Bonchev–Trinajstić information content (AvgIpc) is 2.55. The van der Waals surface area contributed by atoms with Crippen molar-refractivity contribution < 1.29 is 9.90 Å². The van der Waals surface area contributed by atoms with Crippen LogP contribution < -0.4 is 4.90 Å². The number of aromatic nitrogens is 1. The van der Waals surface area contributed by atoms with E-state index in [0.717, 1.165) is 30.4 Å². The fourth-order valence-electron chi connectivity index (χ4n) is 1.93. The van der Waals surface area contributed by atoms with E-state index in [1.54, 1.807) is 6.92 Å². The Kier molecular flexibility index (Phi) is 3.87. The first kappa shape index (κ1) is 13.7. The third-order valence-corrected chi connectivity index (χ3v) is 5.67. The van der Waals surface area contributed by atoms with E-state index < -0.39 is 5.97 Å². The Balaban J connectivity index is 2.17. The average molecular weight is 286 g/mol. The zero-order valence-corrected chi connectivity index (χ0v) is 12.5. The molecule has 100 valence electrons. The van der Waals surface area contributed by atoms with Gasteiger partial charge in [0.15, 0.2) is 5.13 Å². The molecule has 18 heavy (non-hydrogen) atoms. The summed E-state index contributed by atoms with van der Waals surface area (Å²) >= 11 is 3.27. The molecule has 1 saturated heterocycles. The highest BCUT2D eigenvalue weighted by Gasteiger charge is 2.26. The number of aromatic carboxylic acids is 1. The third kappa shape index (κ3) is 2.98. The Morgan fingerprint density at radius 2 is 2.17 bits per heavy atom. The lowest BCUT2D eigenvalue weighted by atomic mass is 10.1. The van der Waals surface area contributed by atoms with Gasteiger partial charge < -0.3 is 10.0 Å². The van der Waals surface area contributed by atoms with E-state index in [0.29, 0.717) is 15.3 Å². The molecule has 1 aliphatic heterocycles. The van der Waals surface area contributed by atoms with Gasteiger partial charge >= 0.3 is 5.97 Å². The summed E-state index contributed by atoms with van der Waals surface area (Å²) in [5, 5.41) is 9.91. The molecule has 0 amide bonds. The standard InChI is InChI=1S/C12H18N2O2S2/c1-8-9(10(15)16)18-11(13-8)14-5-4-12(2,3)17-7-6-14/h4-7H2,1-3H3,(H,15,16). The molecule has 1 aliphatic rings. The first-order chi connectivity index (χ1) is 8.39. The zero-order chi connectivity index (χ0) is 13.3. The summed E-state index contributed by atoms with van der Waals surface area (Å²) < 4.78 is 0.302. The normalized spacial score (nSPS) is 19.6. The summed E-state index contributed by atoms with van der Waals surface area (Å²) in [4.78, 5) is 18.0. The number of anilines is 1. The maximum absolute atomic E-state index is 11.0. The lowest BCUT2D eigenvalue weighted by Crippen LogP contribution is -2.26. The Morgan fingerprint density at radius 1 is 1.44 bits per heavy atom. The number of thioether (sulfide) groups is 1. The number of carboxylic acids is 1. The van der Waals surface area contributed by atoms with Gasteiger partial charge in [0.05, 0.1) is 5.69 Å². The van der Waals surface area contributed by atoms with Crippen molar-refractivity contribution in [2.45, 2.75) is 31.9 Å². The van der Waals surface area contributed by atoms with Gasteiger partial charge in [0.25, 0.3) is 0 Å². The van der Waals surface area contributed by atoms with Gasteiger partial charge in [0.1, 0.15) is 4.88 Å². The van der Waals surface area contributed by atoms with Crippen molar-refractivity contribution in [1.82, 2.24) is 4.98 Å². The molecule has 1 N–H and O–H groups in total. The predicted molar refractivity (Wildman–Crippen MR) is 77.2 cm³/mol. The van der Waals surface area contributed by atoms with Gasteiger partial charge in [-0.2, -0.15) is 11.8 Å². The summed E-state index contributed by atoms with van der Waals surface area (Å²) in [6, 6.07) is 0. The number of nitrogens with zero attached hydrogens (tertiary/aromatic N) is 2. The minimum atomic E-state index is -0.874. The molecule has 0 spiro atoms. The number of carboxylic acid groups (broad SMARTS) is 1. The van der Waals surface area contributed by atoms with E-state index in [1.807, 2.05) is 11.8 Å². The molecule has 0 aliphatic carbocycles. The van der Waals surface area contributed by atoms with Crippen LogP contribution in [0.25, 0.3) is 0 Å². The molecule has 2 rings (SSSR count). The molecule has 1 fully saturated rings. The molecular formula is C12H18N2O2S2. The molecular weight excluding hydrogens is 268 g/mol. The predicted octanol–water partition coefficient (Wildman–Crippen LogP) is 2.87. The second kappa shape index (κ2) is 5.09. The van der Waals surface area contributed by atoms with E-state index in [1.165, 1.54) is 11.3 Å². The fourth-order valence-corrected chi connectivity index (χ4v) is 3.98. The van der Waals surface area contributed by atoms with E-state index in [2.05, 4.69) is 23.7 Å². The number of hydrogen-bond acceptors (Lipinski definition) is 5. The van der Waals surface area contributed by atoms with Gasteiger partial charge in [-0.05, 0) is 13.3 Å². The van der Waals surface area contributed by atoms with Crippen molar-refractivity contribution in [2.75, 3.05) is 23.7 Å². The number of rotatable bonds is 2. The quantitative estimate of drug-likeness (QED) is 0.906. The molecule has 1 aromatic heterocycles. The second-order valence-electron chi connectivity index (χ2n) is 5.06. The van der Waals surface area contributed by atoms with Crippen LogP contribution in [-0.2, 0) is 0 Å². The van der Waals surface area contributed by atoms with Gasteiger partial charge in [0, 0.05) is 23.6 Å². The summed E-state index contributed by atoms with van der Waals surface area (Å²) in [6.45, 7) is 8.18.